The largest absolute Gasteiger partial charge is 0.449 e. The van der Waals surface area contributed by atoms with Gasteiger partial charge in [0.1, 0.15) is 0 Å². The third-order valence-corrected chi connectivity index (χ3v) is 4.78. The molecule has 0 spiro atoms. The number of amides is 1. The Morgan fingerprint density at radius 1 is 1.03 bits per heavy atom. The van der Waals surface area contributed by atoms with E-state index >= 15 is 0 Å². The van der Waals surface area contributed by atoms with Gasteiger partial charge in [-0.1, -0.05) is 37.3 Å². The molecule has 6 heteroatoms. The predicted molar refractivity (Wildman–Crippen MR) is 111 cm³/mol. The zero-order valence-electron chi connectivity index (χ0n) is 16.8. The van der Waals surface area contributed by atoms with Crippen molar-refractivity contribution in [3.8, 4) is 5.69 Å². The van der Waals surface area contributed by atoms with Crippen LogP contribution in [0.5, 0.6) is 0 Å². The summed E-state index contributed by atoms with van der Waals surface area (Å²) in [4.78, 5) is 24.7. The quantitative estimate of drug-likeness (QED) is 0.624. The Labute approximate surface area is 170 Å². The van der Waals surface area contributed by atoms with Crippen LogP contribution in [0.4, 0.5) is 0 Å². The molecule has 0 saturated heterocycles. The van der Waals surface area contributed by atoms with Crippen molar-refractivity contribution in [2.45, 2.75) is 32.8 Å². The van der Waals surface area contributed by atoms with Crippen LogP contribution in [0.15, 0.2) is 66.9 Å². The molecule has 0 saturated carbocycles. The molecule has 0 fully saturated rings. The van der Waals surface area contributed by atoms with E-state index in [9.17, 15) is 9.59 Å². The molecule has 3 aromatic rings. The van der Waals surface area contributed by atoms with E-state index in [1.165, 1.54) is 0 Å². The highest BCUT2D eigenvalue weighted by Crippen LogP contribution is 2.14. The van der Waals surface area contributed by atoms with Gasteiger partial charge in [0, 0.05) is 18.4 Å². The van der Waals surface area contributed by atoms with E-state index in [1.807, 2.05) is 50.2 Å². The normalized spacial score (nSPS) is 12.8. The monoisotopic (exact) mass is 391 g/mol. The van der Waals surface area contributed by atoms with Crippen LogP contribution in [0.3, 0.4) is 0 Å². The van der Waals surface area contributed by atoms with Crippen LogP contribution >= 0.6 is 0 Å². The molecule has 3 rings (SSSR count). The van der Waals surface area contributed by atoms with Gasteiger partial charge >= 0.3 is 5.97 Å². The Morgan fingerprint density at radius 3 is 2.34 bits per heavy atom. The lowest BCUT2D eigenvalue weighted by molar-refractivity contribution is -0.129. The van der Waals surface area contributed by atoms with E-state index in [0.29, 0.717) is 12.1 Å². The molecular weight excluding hydrogens is 366 g/mol. The number of hydrogen-bond donors (Lipinski definition) is 1. The van der Waals surface area contributed by atoms with Gasteiger partial charge in [-0.25, -0.2) is 9.48 Å². The number of aromatic nitrogens is 2. The van der Waals surface area contributed by atoms with Crippen molar-refractivity contribution in [1.82, 2.24) is 15.1 Å². The molecule has 1 heterocycles. The maximum atomic E-state index is 12.4. The van der Waals surface area contributed by atoms with Crippen molar-refractivity contribution >= 4 is 11.9 Å². The maximum absolute atomic E-state index is 12.4. The predicted octanol–water partition coefficient (Wildman–Crippen LogP) is 3.65. The molecule has 1 aromatic heterocycles. The first-order valence-corrected chi connectivity index (χ1v) is 9.60. The molecule has 0 bridgehead atoms. The zero-order valence-corrected chi connectivity index (χ0v) is 16.8. The lowest BCUT2D eigenvalue weighted by Gasteiger charge is -2.17. The van der Waals surface area contributed by atoms with Gasteiger partial charge in [0.15, 0.2) is 6.10 Å². The van der Waals surface area contributed by atoms with Gasteiger partial charge in [0.2, 0.25) is 0 Å². The Balaban J connectivity index is 1.53. The molecule has 0 aliphatic heterocycles. The number of rotatable bonds is 7. The Bertz CT molecular complexity index is 965. The standard InChI is InChI=1S/C23H25N3O3/c1-16(19-7-5-4-6-8-19)15-24-22(27)18(3)29-23(28)20-9-11-21(12-10-20)26-17(2)13-14-25-26/h4-14,16,18H,15H2,1-3H3,(H,24,27)/t16-,18+/m1/s1. The van der Waals surface area contributed by atoms with Crippen molar-refractivity contribution in [3.63, 3.8) is 0 Å². The Morgan fingerprint density at radius 2 is 1.72 bits per heavy atom. The first-order valence-electron chi connectivity index (χ1n) is 9.60. The molecule has 150 valence electrons. The number of benzene rings is 2. The number of carbonyl (C=O) groups excluding carboxylic acids is 2. The summed E-state index contributed by atoms with van der Waals surface area (Å²) < 4.78 is 7.09. The lowest BCUT2D eigenvalue weighted by Crippen LogP contribution is -2.37. The van der Waals surface area contributed by atoms with Crippen LogP contribution in [0, 0.1) is 6.92 Å². The minimum atomic E-state index is -0.876. The number of carbonyl (C=O) groups is 2. The summed E-state index contributed by atoms with van der Waals surface area (Å²) in [5, 5.41) is 7.08. The van der Waals surface area contributed by atoms with E-state index in [2.05, 4.69) is 10.4 Å². The van der Waals surface area contributed by atoms with Gasteiger partial charge in [0.05, 0.1) is 11.3 Å². The van der Waals surface area contributed by atoms with Crippen LogP contribution in [0.1, 0.15) is 41.4 Å². The molecule has 29 heavy (non-hydrogen) atoms. The number of nitrogens with zero attached hydrogens (tertiary/aromatic N) is 2. The highest BCUT2D eigenvalue weighted by Gasteiger charge is 2.19. The molecule has 0 unspecified atom stereocenters. The molecule has 2 atom stereocenters. The summed E-state index contributed by atoms with van der Waals surface area (Å²) >= 11 is 0. The van der Waals surface area contributed by atoms with Crippen LogP contribution in [0.2, 0.25) is 0 Å². The Kier molecular flexibility index (Phi) is 6.44. The molecule has 1 N–H and O–H groups in total. The van der Waals surface area contributed by atoms with Gasteiger partial charge in [-0.15, -0.1) is 0 Å². The summed E-state index contributed by atoms with van der Waals surface area (Å²) in [5.41, 5.74) is 3.38. The topological polar surface area (TPSA) is 73.2 Å². The molecule has 0 aliphatic carbocycles. The first kappa shape index (κ1) is 20.3. The van der Waals surface area contributed by atoms with Crippen molar-refractivity contribution in [2.75, 3.05) is 6.54 Å². The minimum Gasteiger partial charge on any atom is -0.449 e. The molecule has 0 radical (unpaired) electrons. The average molecular weight is 391 g/mol. The van der Waals surface area contributed by atoms with E-state index in [1.54, 1.807) is 42.1 Å². The highest BCUT2D eigenvalue weighted by molar-refractivity contribution is 5.92. The van der Waals surface area contributed by atoms with Crippen molar-refractivity contribution < 1.29 is 14.3 Å². The molecule has 6 nitrogen and oxygen atoms in total. The second-order valence-corrected chi connectivity index (χ2v) is 7.04. The maximum Gasteiger partial charge on any atom is 0.338 e. The van der Waals surface area contributed by atoms with Crippen molar-refractivity contribution in [1.29, 1.82) is 0 Å². The van der Waals surface area contributed by atoms with Crippen LogP contribution < -0.4 is 5.32 Å². The fourth-order valence-corrected chi connectivity index (χ4v) is 2.96. The fraction of sp³-hybridized carbons (Fsp3) is 0.261. The molecule has 0 aliphatic rings. The summed E-state index contributed by atoms with van der Waals surface area (Å²) in [6.45, 7) is 6.04. The van der Waals surface area contributed by atoms with E-state index in [-0.39, 0.29) is 11.8 Å². The van der Waals surface area contributed by atoms with Crippen molar-refractivity contribution in [3.05, 3.63) is 83.7 Å². The van der Waals surface area contributed by atoms with E-state index < -0.39 is 12.1 Å². The Hall–Kier alpha value is -3.41. The third-order valence-electron chi connectivity index (χ3n) is 4.78. The smallest absolute Gasteiger partial charge is 0.338 e. The summed E-state index contributed by atoms with van der Waals surface area (Å²) in [7, 11) is 0. The second kappa shape index (κ2) is 9.19. The van der Waals surface area contributed by atoms with Gasteiger partial charge in [-0.2, -0.15) is 5.10 Å². The number of esters is 1. The van der Waals surface area contributed by atoms with E-state index in [0.717, 1.165) is 16.9 Å². The highest BCUT2D eigenvalue weighted by atomic mass is 16.5. The lowest BCUT2D eigenvalue weighted by atomic mass is 10.0. The van der Waals surface area contributed by atoms with E-state index in [4.69, 9.17) is 4.74 Å². The number of ether oxygens (including phenoxy) is 1. The van der Waals surface area contributed by atoms with Crippen LogP contribution in [0.25, 0.3) is 5.69 Å². The van der Waals surface area contributed by atoms with Crippen molar-refractivity contribution in [2.24, 2.45) is 0 Å². The minimum absolute atomic E-state index is 0.168. The number of nitrogens with one attached hydrogen (secondary N) is 1. The summed E-state index contributed by atoms with van der Waals surface area (Å²) in [6.07, 6.45) is 0.842. The number of hydrogen-bond acceptors (Lipinski definition) is 4. The first-order chi connectivity index (χ1) is 14.0. The molecule has 1 amide bonds. The van der Waals surface area contributed by atoms with Gasteiger partial charge in [-0.05, 0) is 55.7 Å². The zero-order chi connectivity index (χ0) is 20.8. The van der Waals surface area contributed by atoms with Crippen LogP contribution in [-0.4, -0.2) is 34.3 Å². The third kappa shape index (κ3) is 5.10. The number of aryl methyl sites for hydroxylation is 1. The summed E-state index contributed by atoms with van der Waals surface area (Å²) in [6, 6.07) is 18.8. The van der Waals surface area contributed by atoms with Gasteiger partial charge in [0.25, 0.3) is 5.91 Å². The average Bonchev–Trinajstić information content (AvgIpc) is 3.18. The van der Waals surface area contributed by atoms with Gasteiger partial charge < -0.3 is 10.1 Å². The molecule has 2 aromatic carbocycles. The summed E-state index contributed by atoms with van der Waals surface area (Å²) in [5.74, 6) is -0.682. The molecular formula is C23H25N3O3. The second-order valence-electron chi connectivity index (χ2n) is 7.04. The SMILES string of the molecule is Cc1ccnn1-c1ccc(C(=O)O[C@@H](C)C(=O)NC[C@@H](C)c2ccccc2)cc1. The fourth-order valence-electron chi connectivity index (χ4n) is 2.96. The van der Waals surface area contributed by atoms with Crippen LogP contribution in [-0.2, 0) is 9.53 Å². The van der Waals surface area contributed by atoms with Gasteiger partial charge in [-0.3, -0.25) is 4.79 Å².